The van der Waals surface area contributed by atoms with E-state index in [4.69, 9.17) is 0 Å². The van der Waals surface area contributed by atoms with Gasteiger partial charge in [-0.25, -0.2) is 0 Å². The van der Waals surface area contributed by atoms with Crippen LogP contribution >= 0.6 is 11.3 Å². The number of thiophene rings is 1. The lowest BCUT2D eigenvalue weighted by atomic mass is 9.83. The Morgan fingerprint density at radius 3 is 2.89 bits per heavy atom. The van der Waals surface area contributed by atoms with Gasteiger partial charge >= 0.3 is 0 Å². The summed E-state index contributed by atoms with van der Waals surface area (Å²) in [5.74, 6) is 2.65. The van der Waals surface area contributed by atoms with Crippen molar-refractivity contribution in [3.8, 4) is 0 Å². The maximum atomic E-state index is 10.6. The van der Waals surface area contributed by atoms with E-state index in [2.05, 4.69) is 29.6 Å². The van der Waals surface area contributed by atoms with Crippen LogP contribution in [0.15, 0.2) is 29.6 Å². The van der Waals surface area contributed by atoms with Crippen LogP contribution in [0, 0.1) is 17.8 Å². The molecule has 2 heteroatoms. The Balaban J connectivity index is 1.55. The molecule has 0 amide bonds. The monoisotopic (exact) mass is 272 g/mol. The molecule has 2 fully saturated rings. The summed E-state index contributed by atoms with van der Waals surface area (Å²) in [6, 6.07) is 8.44. The van der Waals surface area contributed by atoms with Gasteiger partial charge in [0.05, 0.1) is 6.10 Å². The molecular weight excluding hydrogens is 252 g/mol. The van der Waals surface area contributed by atoms with Crippen LogP contribution in [-0.2, 0) is 0 Å². The van der Waals surface area contributed by atoms with Crippen molar-refractivity contribution in [3.05, 3.63) is 35.2 Å². The molecule has 2 aromatic rings. The average Bonchev–Trinajstić information content (AvgIpc) is 3.13. The molecular formula is C17H20OS. The van der Waals surface area contributed by atoms with E-state index >= 15 is 0 Å². The molecule has 1 nitrogen and oxygen atoms in total. The molecule has 2 aliphatic rings. The first-order valence-electron chi connectivity index (χ1n) is 7.45. The minimum absolute atomic E-state index is 0.263. The van der Waals surface area contributed by atoms with Gasteiger partial charge in [0.1, 0.15) is 0 Å². The molecule has 1 heterocycles. The second-order valence-electron chi connectivity index (χ2n) is 6.37. The Morgan fingerprint density at radius 1 is 1.21 bits per heavy atom. The molecule has 0 saturated heterocycles. The predicted molar refractivity (Wildman–Crippen MR) is 80.3 cm³/mol. The second-order valence-corrected chi connectivity index (χ2v) is 7.28. The zero-order chi connectivity index (χ0) is 12.8. The summed E-state index contributed by atoms with van der Waals surface area (Å²) in [4.78, 5) is 0. The lowest BCUT2D eigenvalue weighted by Gasteiger charge is -2.24. The highest BCUT2D eigenvalue weighted by atomic mass is 32.1. The number of aliphatic hydroxyl groups is 1. The van der Waals surface area contributed by atoms with E-state index in [1.807, 2.05) is 0 Å². The van der Waals surface area contributed by atoms with Crippen molar-refractivity contribution in [2.45, 2.75) is 38.2 Å². The van der Waals surface area contributed by atoms with Gasteiger partial charge in [0.25, 0.3) is 0 Å². The minimum atomic E-state index is -0.263. The van der Waals surface area contributed by atoms with E-state index in [1.54, 1.807) is 11.3 Å². The molecule has 4 rings (SSSR count). The summed E-state index contributed by atoms with van der Waals surface area (Å²) >= 11 is 1.76. The summed E-state index contributed by atoms with van der Waals surface area (Å²) in [5, 5.41) is 14.0. The first-order valence-corrected chi connectivity index (χ1v) is 8.33. The van der Waals surface area contributed by atoms with Crippen molar-refractivity contribution in [1.82, 2.24) is 0 Å². The molecule has 4 atom stereocenters. The largest absolute Gasteiger partial charge is 0.388 e. The Hall–Kier alpha value is -0.860. The van der Waals surface area contributed by atoms with Crippen LogP contribution in [0.3, 0.4) is 0 Å². The van der Waals surface area contributed by atoms with Gasteiger partial charge in [-0.15, -0.1) is 11.3 Å². The standard InChI is InChI=1S/C17H20OS/c18-16(9-13-8-11-5-6-12(13)7-11)15-10-19-17-4-2-1-3-14(15)17/h1-4,10-13,16,18H,5-9H2. The van der Waals surface area contributed by atoms with Gasteiger partial charge in [0.2, 0.25) is 0 Å². The quantitative estimate of drug-likeness (QED) is 0.854. The third-order valence-corrected chi connectivity index (χ3v) is 6.26. The van der Waals surface area contributed by atoms with E-state index in [0.717, 1.165) is 29.7 Å². The van der Waals surface area contributed by atoms with Crippen LogP contribution in [0.2, 0.25) is 0 Å². The highest BCUT2D eigenvalue weighted by Crippen LogP contribution is 2.51. The third-order valence-electron chi connectivity index (χ3n) is 5.28. The van der Waals surface area contributed by atoms with Crippen molar-refractivity contribution in [2.75, 3.05) is 0 Å². The van der Waals surface area contributed by atoms with Crippen LogP contribution in [0.1, 0.15) is 43.8 Å². The average molecular weight is 272 g/mol. The Kier molecular flexibility index (Phi) is 2.89. The lowest BCUT2D eigenvalue weighted by Crippen LogP contribution is -2.14. The summed E-state index contributed by atoms with van der Waals surface area (Å²) in [6.45, 7) is 0. The molecule has 2 saturated carbocycles. The van der Waals surface area contributed by atoms with Gasteiger partial charge in [0, 0.05) is 4.70 Å². The molecule has 1 aromatic heterocycles. The first-order chi connectivity index (χ1) is 9.31. The van der Waals surface area contributed by atoms with Crippen LogP contribution in [-0.4, -0.2) is 5.11 Å². The maximum absolute atomic E-state index is 10.6. The number of hydrogen-bond acceptors (Lipinski definition) is 2. The Bertz CT molecular complexity index is 588. The van der Waals surface area contributed by atoms with Crippen LogP contribution in [0.25, 0.3) is 10.1 Å². The van der Waals surface area contributed by atoms with Crippen LogP contribution in [0.5, 0.6) is 0 Å². The highest BCUT2D eigenvalue weighted by Gasteiger charge is 2.40. The molecule has 100 valence electrons. The van der Waals surface area contributed by atoms with Crippen molar-refractivity contribution in [1.29, 1.82) is 0 Å². The van der Waals surface area contributed by atoms with Crippen LogP contribution in [0.4, 0.5) is 0 Å². The zero-order valence-corrected chi connectivity index (χ0v) is 11.9. The van der Waals surface area contributed by atoms with E-state index in [9.17, 15) is 5.11 Å². The smallest absolute Gasteiger partial charge is 0.0806 e. The third kappa shape index (κ3) is 2.02. The molecule has 0 aliphatic heterocycles. The van der Waals surface area contributed by atoms with Crippen LogP contribution < -0.4 is 0 Å². The molecule has 1 N–H and O–H groups in total. The Morgan fingerprint density at radius 2 is 2.11 bits per heavy atom. The van der Waals surface area contributed by atoms with Crippen molar-refractivity contribution < 1.29 is 5.11 Å². The second kappa shape index (κ2) is 4.60. The van der Waals surface area contributed by atoms with E-state index in [-0.39, 0.29) is 6.10 Å². The molecule has 4 unspecified atom stereocenters. The van der Waals surface area contributed by atoms with Crippen molar-refractivity contribution >= 4 is 21.4 Å². The zero-order valence-electron chi connectivity index (χ0n) is 11.1. The molecule has 19 heavy (non-hydrogen) atoms. The molecule has 2 bridgehead atoms. The number of benzene rings is 1. The minimum Gasteiger partial charge on any atom is -0.388 e. The SMILES string of the molecule is OC(CC1CC2CCC1C2)c1csc2ccccc12. The fourth-order valence-corrected chi connectivity index (χ4v) is 5.34. The predicted octanol–water partition coefficient (Wildman–Crippen LogP) is 4.76. The number of rotatable bonds is 3. The molecule has 0 spiro atoms. The van der Waals surface area contributed by atoms with E-state index < -0.39 is 0 Å². The van der Waals surface area contributed by atoms with Gasteiger partial charge in [-0.1, -0.05) is 24.6 Å². The fourth-order valence-electron chi connectivity index (χ4n) is 4.34. The van der Waals surface area contributed by atoms with Crippen molar-refractivity contribution in [3.63, 3.8) is 0 Å². The van der Waals surface area contributed by atoms with Gasteiger partial charge < -0.3 is 5.11 Å². The van der Waals surface area contributed by atoms with E-state index in [1.165, 1.54) is 35.8 Å². The molecule has 0 radical (unpaired) electrons. The number of aliphatic hydroxyl groups excluding tert-OH is 1. The number of hydrogen-bond donors (Lipinski definition) is 1. The Labute approximate surface area is 118 Å². The topological polar surface area (TPSA) is 20.2 Å². The maximum Gasteiger partial charge on any atom is 0.0806 e. The summed E-state index contributed by atoms with van der Waals surface area (Å²) in [5.41, 5.74) is 1.16. The number of fused-ring (bicyclic) bond motifs is 3. The van der Waals surface area contributed by atoms with Gasteiger partial charge in [-0.3, -0.25) is 0 Å². The summed E-state index contributed by atoms with van der Waals surface area (Å²) in [7, 11) is 0. The summed E-state index contributed by atoms with van der Waals surface area (Å²) < 4.78 is 1.30. The van der Waals surface area contributed by atoms with Gasteiger partial charge in [-0.2, -0.15) is 0 Å². The lowest BCUT2D eigenvalue weighted by molar-refractivity contribution is 0.127. The molecule has 2 aliphatic carbocycles. The summed E-state index contributed by atoms with van der Waals surface area (Å²) in [6.07, 6.45) is 6.36. The van der Waals surface area contributed by atoms with E-state index in [0.29, 0.717) is 0 Å². The normalized spacial score (nSPS) is 31.1. The molecule has 1 aromatic carbocycles. The highest BCUT2D eigenvalue weighted by molar-refractivity contribution is 7.17. The van der Waals surface area contributed by atoms with Gasteiger partial charge in [-0.05, 0) is 65.8 Å². The first kappa shape index (κ1) is 11.9. The fraction of sp³-hybridized carbons (Fsp3) is 0.529. The van der Waals surface area contributed by atoms with Gasteiger partial charge in [0.15, 0.2) is 0 Å². The van der Waals surface area contributed by atoms with Crippen molar-refractivity contribution in [2.24, 2.45) is 17.8 Å².